The first-order valence-corrected chi connectivity index (χ1v) is 8.86. The van der Waals surface area contributed by atoms with Crippen LogP contribution in [0, 0.1) is 5.92 Å². The van der Waals surface area contributed by atoms with Gasteiger partial charge in [0.25, 0.3) is 0 Å². The molecule has 0 amide bonds. The number of aromatic nitrogens is 2. The molecule has 1 fully saturated rings. The van der Waals surface area contributed by atoms with Crippen molar-refractivity contribution in [2.45, 2.75) is 45.4 Å². The van der Waals surface area contributed by atoms with Gasteiger partial charge in [0.05, 0.1) is 12.0 Å². The highest BCUT2D eigenvalue weighted by Gasteiger charge is 2.16. The number of anilines is 1. The molecule has 1 aliphatic carbocycles. The fourth-order valence-corrected chi connectivity index (χ4v) is 3.56. The smallest absolute Gasteiger partial charge is 0.227 e. The van der Waals surface area contributed by atoms with Gasteiger partial charge in [-0.25, -0.2) is 4.98 Å². The van der Waals surface area contributed by atoms with Gasteiger partial charge in [0.15, 0.2) is 0 Å². The molecule has 4 nitrogen and oxygen atoms in total. The van der Waals surface area contributed by atoms with E-state index in [1.54, 1.807) is 11.3 Å². The van der Waals surface area contributed by atoms with Crippen LogP contribution in [0.5, 0.6) is 5.88 Å². The highest BCUT2D eigenvalue weighted by Crippen LogP contribution is 2.30. The standard InChI is InChI=1S/C16H23N3OS/c1-2-9-17-16-18-14(13-8-10-21-15(13)19-16)20-11-12-6-4-3-5-7-12/h8,10,12H,2-7,9,11H2,1H3,(H,17,18,19). The molecule has 1 saturated carbocycles. The molecule has 5 heteroatoms. The molecule has 3 rings (SSSR count). The molecule has 0 radical (unpaired) electrons. The van der Waals surface area contributed by atoms with E-state index < -0.39 is 0 Å². The van der Waals surface area contributed by atoms with Crippen molar-refractivity contribution in [3.8, 4) is 5.88 Å². The molecule has 1 aliphatic rings. The number of nitrogens with one attached hydrogen (secondary N) is 1. The van der Waals surface area contributed by atoms with Crippen LogP contribution in [0.25, 0.3) is 10.2 Å². The maximum atomic E-state index is 6.05. The van der Waals surface area contributed by atoms with Gasteiger partial charge in [0, 0.05) is 6.54 Å². The molecule has 1 N–H and O–H groups in total. The maximum Gasteiger partial charge on any atom is 0.227 e. The van der Waals surface area contributed by atoms with Crippen LogP contribution in [0.4, 0.5) is 5.95 Å². The first kappa shape index (κ1) is 14.6. The molecule has 0 aromatic carbocycles. The summed E-state index contributed by atoms with van der Waals surface area (Å²) in [5, 5.41) is 6.35. The minimum atomic E-state index is 0.686. The van der Waals surface area contributed by atoms with Gasteiger partial charge in [-0.1, -0.05) is 26.2 Å². The van der Waals surface area contributed by atoms with Gasteiger partial charge in [-0.3, -0.25) is 0 Å². The van der Waals surface area contributed by atoms with Crippen LogP contribution in [-0.4, -0.2) is 23.1 Å². The second-order valence-corrected chi connectivity index (χ2v) is 6.63. The van der Waals surface area contributed by atoms with Gasteiger partial charge in [-0.2, -0.15) is 4.98 Å². The van der Waals surface area contributed by atoms with Gasteiger partial charge < -0.3 is 10.1 Å². The van der Waals surface area contributed by atoms with Gasteiger partial charge in [-0.05, 0) is 36.6 Å². The predicted molar refractivity (Wildman–Crippen MR) is 88.3 cm³/mol. The fourth-order valence-electron chi connectivity index (χ4n) is 2.80. The van der Waals surface area contributed by atoms with Crippen LogP contribution in [0.1, 0.15) is 45.4 Å². The van der Waals surface area contributed by atoms with Crippen LogP contribution >= 0.6 is 11.3 Å². The first-order valence-electron chi connectivity index (χ1n) is 7.98. The van der Waals surface area contributed by atoms with Crippen molar-refractivity contribution >= 4 is 27.5 Å². The first-order chi connectivity index (χ1) is 10.4. The zero-order valence-electron chi connectivity index (χ0n) is 12.6. The molecule has 0 atom stereocenters. The summed E-state index contributed by atoms with van der Waals surface area (Å²) in [5.74, 6) is 2.12. The Morgan fingerprint density at radius 3 is 2.95 bits per heavy atom. The van der Waals surface area contributed by atoms with E-state index in [2.05, 4.69) is 33.7 Å². The second kappa shape index (κ2) is 7.07. The molecule has 0 spiro atoms. The summed E-state index contributed by atoms with van der Waals surface area (Å²) in [6, 6.07) is 2.06. The summed E-state index contributed by atoms with van der Waals surface area (Å²) in [6.45, 7) is 3.81. The van der Waals surface area contributed by atoms with E-state index in [1.807, 2.05) is 0 Å². The third-order valence-corrected chi connectivity index (χ3v) is 4.81. The number of ether oxygens (including phenoxy) is 1. The largest absolute Gasteiger partial charge is 0.477 e. The maximum absolute atomic E-state index is 6.05. The SMILES string of the molecule is CCCNc1nc(OCC2CCCCC2)c2ccsc2n1. The monoisotopic (exact) mass is 305 g/mol. The van der Waals surface area contributed by atoms with E-state index >= 15 is 0 Å². The van der Waals surface area contributed by atoms with Crippen molar-refractivity contribution in [1.29, 1.82) is 0 Å². The Kier molecular flexibility index (Phi) is 4.91. The highest BCUT2D eigenvalue weighted by molar-refractivity contribution is 7.16. The third kappa shape index (κ3) is 3.64. The average molecular weight is 305 g/mol. The summed E-state index contributed by atoms with van der Waals surface area (Å²) >= 11 is 1.64. The van der Waals surface area contributed by atoms with Gasteiger partial charge >= 0.3 is 0 Å². The summed E-state index contributed by atoms with van der Waals surface area (Å²) < 4.78 is 6.05. The minimum Gasteiger partial charge on any atom is -0.477 e. The Balaban J connectivity index is 1.73. The summed E-state index contributed by atoms with van der Waals surface area (Å²) in [7, 11) is 0. The van der Waals surface area contributed by atoms with E-state index in [1.165, 1.54) is 32.1 Å². The molecular weight excluding hydrogens is 282 g/mol. The van der Waals surface area contributed by atoms with Crippen molar-refractivity contribution in [2.75, 3.05) is 18.5 Å². The summed E-state index contributed by atoms with van der Waals surface area (Å²) in [4.78, 5) is 10.1. The number of hydrogen-bond donors (Lipinski definition) is 1. The molecule has 21 heavy (non-hydrogen) atoms. The quantitative estimate of drug-likeness (QED) is 0.855. The third-order valence-electron chi connectivity index (χ3n) is 4.00. The lowest BCUT2D eigenvalue weighted by Gasteiger charge is -2.21. The number of rotatable bonds is 6. The van der Waals surface area contributed by atoms with Crippen molar-refractivity contribution in [3.05, 3.63) is 11.4 Å². The summed E-state index contributed by atoms with van der Waals surface area (Å²) in [5.41, 5.74) is 0. The van der Waals surface area contributed by atoms with Gasteiger partial charge in [0.2, 0.25) is 11.8 Å². The highest BCUT2D eigenvalue weighted by atomic mass is 32.1. The van der Waals surface area contributed by atoms with Crippen LogP contribution in [0.3, 0.4) is 0 Å². The Morgan fingerprint density at radius 1 is 1.29 bits per heavy atom. The average Bonchev–Trinajstić information content (AvgIpc) is 3.00. The Morgan fingerprint density at radius 2 is 2.14 bits per heavy atom. The Bertz CT molecular complexity index is 578. The van der Waals surface area contributed by atoms with Crippen LogP contribution in [0.15, 0.2) is 11.4 Å². The molecule has 2 heterocycles. The lowest BCUT2D eigenvalue weighted by atomic mass is 9.90. The summed E-state index contributed by atoms with van der Waals surface area (Å²) in [6.07, 6.45) is 7.70. The minimum absolute atomic E-state index is 0.686. The molecule has 0 saturated heterocycles. The number of fused-ring (bicyclic) bond motifs is 1. The van der Waals surface area contributed by atoms with E-state index in [0.29, 0.717) is 11.9 Å². The second-order valence-electron chi connectivity index (χ2n) is 5.73. The van der Waals surface area contributed by atoms with E-state index in [9.17, 15) is 0 Å². The topological polar surface area (TPSA) is 47.0 Å². The molecule has 114 valence electrons. The molecule has 2 aromatic rings. The Labute approximate surface area is 129 Å². The van der Waals surface area contributed by atoms with Crippen LogP contribution in [0.2, 0.25) is 0 Å². The molecule has 0 aliphatic heterocycles. The fraction of sp³-hybridized carbons (Fsp3) is 0.625. The van der Waals surface area contributed by atoms with Crippen LogP contribution < -0.4 is 10.1 Å². The van der Waals surface area contributed by atoms with Crippen molar-refractivity contribution < 1.29 is 4.74 Å². The molecule has 2 aromatic heterocycles. The Hall–Kier alpha value is -1.36. The van der Waals surface area contributed by atoms with E-state index in [4.69, 9.17) is 4.74 Å². The van der Waals surface area contributed by atoms with Crippen molar-refractivity contribution in [1.82, 2.24) is 9.97 Å². The van der Waals surface area contributed by atoms with E-state index in [-0.39, 0.29) is 0 Å². The molecular formula is C16H23N3OS. The van der Waals surface area contributed by atoms with Crippen molar-refractivity contribution in [3.63, 3.8) is 0 Å². The van der Waals surface area contributed by atoms with Gasteiger partial charge in [-0.15, -0.1) is 11.3 Å². The van der Waals surface area contributed by atoms with Crippen LogP contribution in [-0.2, 0) is 0 Å². The molecule has 0 bridgehead atoms. The zero-order chi connectivity index (χ0) is 14.5. The number of hydrogen-bond acceptors (Lipinski definition) is 5. The van der Waals surface area contributed by atoms with E-state index in [0.717, 1.165) is 35.7 Å². The number of thiophene rings is 1. The molecule has 0 unspecified atom stereocenters. The predicted octanol–water partition coefficient (Wildman–Crippen LogP) is 4.47. The van der Waals surface area contributed by atoms with Gasteiger partial charge in [0.1, 0.15) is 4.83 Å². The zero-order valence-corrected chi connectivity index (χ0v) is 13.4. The number of nitrogens with zero attached hydrogens (tertiary/aromatic N) is 2. The lowest BCUT2D eigenvalue weighted by Crippen LogP contribution is -2.16. The lowest BCUT2D eigenvalue weighted by molar-refractivity contribution is 0.205. The van der Waals surface area contributed by atoms with Crippen molar-refractivity contribution in [2.24, 2.45) is 5.92 Å². The normalized spacial score (nSPS) is 16.2.